The molecule has 0 aromatic heterocycles. The van der Waals surface area contributed by atoms with Crippen LogP contribution in [0.5, 0.6) is 0 Å². The molecule has 3 fully saturated rings. The molecule has 3 aliphatic rings. The Morgan fingerprint density at radius 1 is 1.38 bits per heavy atom. The van der Waals surface area contributed by atoms with Crippen molar-refractivity contribution in [2.45, 2.75) is 31.8 Å². The Morgan fingerprint density at radius 2 is 2.08 bits per heavy atom. The van der Waals surface area contributed by atoms with E-state index in [0.29, 0.717) is 30.3 Å². The molecule has 1 heterocycles. The number of carbonyl (C=O) groups excluding carboxylic acids is 1. The minimum absolute atomic E-state index is 0.250. The molecular formula is C10H15NO2. The van der Waals surface area contributed by atoms with E-state index in [4.69, 9.17) is 5.11 Å². The summed E-state index contributed by atoms with van der Waals surface area (Å²) in [5.74, 6) is 0.638. The van der Waals surface area contributed by atoms with Crippen LogP contribution in [0.2, 0.25) is 0 Å². The fourth-order valence-corrected chi connectivity index (χ4v) is 2.74. The van der Waals surface area contributed by atoms with Gasteiger partial charge in [-0.1, -0.05) is 6.42 Å². The van der Waals surface area contributed by atoms with E-state index in [2.05, 4.69) is 0 Å². The van der Waals surface area contributed by atoms with Crippen LogP contribution in [0.3, 0.4) is 0 Å². The Hall–Kier alpha value is -0.570. The Morgan fingerprint density at radius 3 is 2.46 bits per heavy atom. The number of amides is 1. The molecule has 0 bridgehead atoms. The van der Waals surface area contributed by atoms with Crippen molar-refractivity contribution in [2.24, 2.45) is 11.3 Å². The van der Waals surface area contributed by atoms with Gasteiger partial charge in [-0.25, -0.2) is 0 Å². The van der Waals surface area contributed by atoms with Crippen molar-refractivity contribution < 1.29 is 9.90 Å². The van der Waals surface area contributed by atoms with Gasteiger partial charge in [0.05, 0.1) is 6.10 Å². The molecule has 0 radical (unpaired) electrons. The molecule has 1 amide bonds. The first-order valence-corrected chi connectivity index (χ1v) is 5.18. The highest BCUT2D eigenvalue weighted by Gasteiger charge is 2.62. The number of hydrogen-bond donors (Lipinski definition) is 1. The second-order valence-electron chi connectivity index (χ2n) is 4.87. The molecule has 2 aliphatic carbocycles. The van der Waals surface area contributed by atoms with E-state index < -0.39 is 0 Å². The molecular weight excluding hydrogens is 166 g/mol. The summed E-state index contributed by atoms with van der Waals surface area (Å²) < 4.78 is 0. The van der Waals surface area contributed by atoms with Gasteiger partial charge in [0.15, 0.2) is 0 Å². The number of carbonyl (C=O) groups is 1. The average molecular weight is 181 g/mol. The average Bonchev–Trinajstić information content (AvgIpc) is 2.71. The van der Waals surface area contributed by atoms with E-state index in [1.807, 2.05) is 4.90 Å². The lowest BCUT2D eigenvalue weighted by atomic mass is 9.79. The number of β-amino-alcohol motifs (C(OH)–C–C–N with tert-alkyl or cyclic N) is 1. The van der Waals surface area contributed by atoms with Crippen LogP contribution >= 0.6 is 0 Å². The molecule has 3 heteroatoms. The maximum atomic E-state index is 11.8. The van der Waals surface area contributed by atoms with E-state index in [-0.39, 0.29) is 6.10 Å². The van der Waals surface area contributed by atoms with Crippen LogP contribution in [0, 0.1) is 11.3 Å². The summed E-state index contributed by atoms with van der Waals surface area (Å²) in [6, 6.07) is 0. The fraction of sp³-hybridized carbons (Fsp3) is 0.900. The summed E-state index contributed by atoms with van der Waals surface area (Å²) >= 11 is 0. The zero-order valence-corrected chi connectivity index (χ0v) is 7.70. The van der Waals surface area contributed by atoms with E-state index in [1.54, 1.807) is 0 Å². The third kappa shape index (κ3) is 0.966. The third-order valence-corrected chi connectivity index (χ3v) is 4.01. The van der Waals surface area contributed by atoms with Crippen molar-refractivity contribution >= 4 is 5.91 Å². The number of hydrogen-bond acceptors (Lipinski definition) is 2. The molecule has 0 aromatic rings. The van der Waals surface area contributed by atoms with Gasteiger partial charge in [0, 0.05) is 19.0 Å². The van der Waals surface area contributed by atoms with Gasteiger partial charge in [0.1, 0.15) is 0 Å². The topological polar surface area (TPSA) is 40.5 Å². The lowest BCUT2D eigenvalue weighted by molar-refractivity contribution is -0.144. The molecule has 1 N–H and O–H groups in total. The fourth-order valence-electron chi connectivity index (χ4n) is 2.74. The van der Waals surface area contributed by atoms with Crippen LogP contribution < -0.4 is 0 Å². The zero-order chi connectivity index (χ0) is 9.05. The van der Waals surface area contributed by atoms with Crippen molar-refractivity contribution in [3.8, 4) is 0 Å². The number of likely N-dealkylation sites (tertiary alicyclic amines) is 1. The Balaban J connectivity index is 1.59. The van der Waals surface area contributed by atoms with Gasteiger partial charge in [-0.15, -0.1) is 0 Å². The third-order valence-electron chi connectivity index (χ3n) is 4.01. The summed E-state index contributed by atoms with van der Waals surface area (Å²) in [7, 11) is 0. The molecule has 1 unspecified atom stereocenters. The largest absolute Gasteiger partial charge is 0.389 e. The number of aliphatic hydroxyl groups is 1. The van der Waals surface area contributed by atoms with Crippen molar-refractivity contribution in [3.63, 3.8) is 0 Å². The zero-order valence-electron chi connectivity index (χ0n) is 7.70. The molecule has 1 aliphatic heterocycles. The molecule has 1 atom stereocenters. The highest BCUT2D eigenvalue weighted by atomic mass is 16.3. The van der Waals surface area contributed by atoms with Crippen LogP contribution in [0.4, 0.5) is 0 Å². The molecule has 1 spiro atoms. The SMILES string of the molecule is O=C(C1CC12CCC2)N1CC(O)C1. The summed E-state index contributed by atoms with van der Waals surface area (Å²) in [6.45, 7) is 1.15. The summed E-state index contributed by atoms with van der Waals surface area (Å²) in [4.78, 5) is 13.6. The van der Waals surface area contributed by atoms with Crippen LogP contribution in [-0.2, 0) is 4.79 Å². The van der Waals surface area contributed by atoms with E-state index >= 15 is 0 Å². The molecule has 72 valence electrons. The summed E-state index contributed by atoms with van der Waals surface area (Å²) in [5.41, 5.74) is 0.442. The second kappa shape index (κ2) is 2.27. The van der Waals surface area contributed by atoms with Crippen LogP contribution in [-0.4, -0.2) is 35.1 Å². The quantitative estimate of drug-likeness (QED) is 0.635. The lowest BCUT2D eigenvalue weighted by Gasteiger charge is -2.37. The maximum absolute atomic E-state index is 11.8. The van der Waals surface area contributed by atoms with Gasteiger partial charge in [-0.2, -0.15) is 0 Å². The normalized spacial score (nSPS) is 35.5. The van der Waals surface area contributed by atoms with Gasteiger partial charge in [0.25, 0.3) is 0 Å². The Bertz CT molecular complexity index is 254. The molecule has 0 aromatic carbocycles. The summed E-state index contributed by atoms with van der Waals surface area (Å²) in [5, 5.41) is 9.08. The summed E-state index contributed by atoms with van der Waals surface area (Å²) in [6.07, 6.45) is 4.71. The minimum Gasteiger partial charge on any atom is -0.389 e. The molecule has 3 rings (SSSR count). The monoisotopic (exact) mass is 181 g/mol. The Kier molecular flexibility index (Phi) is 1.36. The first-order valence-electron chi connectivity index (χ1n) is 5.18. The predicted octanol–water partition coefficient (Wildman–Crippen LogP) is 0.380. The number of aliphatic hydroxyl groups excluding tert-OH is 1. The van der Waals surface area contributed by atoms with Crippen LogP contribution in [0.15, 0.2) is 0 Å². The predicted molar refractivity (Wildman–Crippen MR) is 47.0 cm³/mol. The second-order valence-corrected chi connectivity index (χ2v) is 4.87. The van der Waals surface area contributed by atoms with Gasteiger partial charge in [-0.05, 0) is 24.7 Å². The van der Waals surface area contributed by atoms with Crippen molar-refractivity contribution in [1.29, 1.82) is 0 Å². The number of rotatable bonds is 1. The van der Waals surface area contributed by atoms with Crippen molar-refractivity contribution in [2.75, 3.05) is 13.1 Å². The van der Waals surface area contributed by atoms with E-state index in [9.17, 15) is 4.79 Å². The van der Waals surface area contributed by atoms with Gasteiger partial charge in [-0.3, -0.25) is 4.79 Å². The molecule has 1 saturated heterocycles. The molecule has 2 saturated carbocycles. The molecule has 3 nitrogen and oxygen atoms in total. The van der Waals surface area contributed by atoms with Crippen molar-refractivity contribution in [3.05, 3.63) is 0 Å². The standard InChI is InChI=1S/C10H15NO2/c12-7-5-11(6-7)9(13)8-4-10(8)2-1-3-10/h7-8,12H,1-6H2. The van der Waals surface area contributed by atoms with Crippen molar-refractivity contribution in [1.82, 2.24) is 4.90 Å². The Labute approximate surface area is 77.7 Å². The maximum Gasteiger partial charge on any atom is 0.226 e. The highest BCUT2D eigenvalue weighted by molar-refractivity contribution is 5.83. The highest BCUT2D eigenvalue weighted by Crippen LogP contribution is 2.66. The van der Waals surface area contributed by atoms with Gasteiger partial charge in [0.2, 0.25) is 5.91 Å². The van der Waals surface area contributed by atoms with Crippen LogP contribution in [0.25, 0.3) is 0 Å². The molecule has 13 heavy (non-hydrogen) atoms. The van der Waals surface area contributed by atoms with Gasteiger partial charge < -0.3 is 10.0 Å². The van der Waals surface area contributed by atoms with Gasteiger partial charge >= 0.3 is 0 Å². The van der Waals surface area contributed by atoms with Crippen LogP contribution in [0.1, 0.15) is 25.7 Å². The van der Waals surface area contributed by atoms with E-state index in [0.717, 1.165) is 6.42 Å². The minimum atomic E-state index is -0.250. The number of nitrogens with zero attached hydrogens (tertiary/aromatic N) is 1. The first-order chi connectivity index (χ1) is 6.21. The van der Waals surface area contributed by atoms with E-state index in [1.165, 1.54) is 19.3 Å². The smallest absolute Gasteiger partial charge is 0.226 e. The lowest BCUT2D eigenvalue weighted by Crippen LogP contribution is -2.54. The first kappa shape index (κ1) is 7.80.